The molecule has 1 aromatic carbocycles. The van der Waals surface area contributed by atoms with Gasteiger partial charge in [-0.3, -0.25) is 0 Å². The molecule has 0 atom stereocenters. The maximum Gasteiger partial charge on any atom is 0.126 e. The van der Waals surface area contributed by atoms with Crippen molar-refractivity contribution >= 4 is 0 Å². The normalized spacial score (nSPS) is 17.8. The third kappa shape index (κ3) is 2.34. The highest BCUT2D eigenvalue weighted by molar-refractivity contribution is 5.22. The number of hydrogen-bond donors (Lipinski definition) is 1. The summed E-state index contributed by atoms with van der Waals surface area (Å²) in [5.41, 5.74) is 0.673. The lowest BCUT2D eigenvalue weighted by atomic mass is 9.96. The van der Waals surface area contributed by atoms with Crippen molar-refractivity contribution in [1.29, 1.82) is 0 Å². The van der Waals surface area contributed by atoms with Crippen LogP contribution in [-0.2, 0) is 6.42 Å². The van der Waals surface area contributed by atoms with Gasteiger partial charge in [0.05, 0.1) is 0 Å². The predicted octanol–water partition coefficient (Wildman–Crippen LogP) is 2.51. The molecule has 0 radical (unpaired) electrons. The second-order valence-corrected chi connectivity index (χ2v) is 4.44. The minimum atomic E-state index is -0.355. The predicted molar refractivity (Wildman–Crippen MR) is 55.7 cm³/mol. The molecule has 15 heavy (non-hydrogen) atoms. The zero-order chi connectivity index (χ0) is 10.9. The van der Waals surface area contributed by atoms with Crippen LogP contribution in [0.4, 0.5) is 8.78 Å². The van der Waals surface area contributed by atoms with Gasteiger partial charge in [-0.2, -0.15) is 0 Å². The van der Waals surface area contributed by atoms with Crippen LogP contribution in [0.5, 0.6) is 0 Å². The molecule has 1 fully saturated rings. The van der Waals surface area contributed by atoms with Gasteiger partial charge >= 0.3 is 0 Å². The van der Waals surface area contributed by atoms with Crippen molar-refractivity contribution < 1.29 is 8.78 Å². The van der Waals surface area contributed by atoms with Crippen LogP contribution in [0.1, 0.15) is 18.4 Å². The molecule has 1 N–H and O–H groups in total. The molecule has 3 heteroatoms. The summed E-state index contributed by atoms with van der Waals surface area (Å²) < 4.78 is 26.3. The number of nitrogens with one attached hydrogen (secondary N) is 1. The smallest absolute Gasteiger partial charge is 0.126 e. The first-order valence-corrected chi connectivity index (χ1v) is 5.24. The molecule has 1 aliphatic rings. The highest BCUT2D eigenvalue weighted by atomic mass is 19.1. The molecule has 1 aliphatic carbocycles. The molecule has 1 saturated carbocycles. The van der Waals surface area contributed by atoms with E-state index in [0.29, 0.717) is 12.0 Å². The first kappa shape index (κ1) is 10.6. The second-order valence-electron chi connectivity index (χ2n) is 4.44. The SMILES string of the molecule is CNCC1(Cc2cc(F)ccc2F)CC1. The van der Waals surface area contributed by atoms with Crippen molar-refractivity contribution in [2.24, 2.45) is 5.41 Å². The summed E-state index contributed by atoms with van der Waals surface area (Å²) in [6.07, 6.45) is 2.84. The Balaban J connectivity index is 2.13. The molecule has 1 aromatic rings. The zero-order valence-electron chi connectivity index (χ0n) is 8.82. The molecule has 1 nitrogen and oxygen atoms in total. The van der Waals surface area contributed by atoms with Gasteiger partial charge in [-0.1, -0.05) is 0 Å². The molecule has 0 saturated heterocycles. The number of hydrogen-bond acceptors (Lipinski definition) is 1. The average molecular weight is 211 g/mol. The van der Waals surface area contributed by atoms with Crippen LogP contribution in [0.2, 0.25) is 0 Å². The van der Waals surface area contributed by atoms with E-state index in [0.717, 1.165) is 25.5 Å². The Bertz CT molecular complexity index is 359. The first-order chi connectivity index (χ1) is 7.15. The van der Waals surface area contributed by atoms with Crippen LogP contribution in [-0.4, -0.2) is 13.6 Å². The Hall–Kier alpha value is -0.960. The minimum Gasteiger partial charge on any atom is -0.319 e. The fourth-order valence-electron chi connectivity index (χ4n) is 2.05. The van der Waals surface area contributed by atoms with Crippen LogP contribution < -0.4 is 5.32 Å². The first-order valence-electron chi connectivity index (χ1n) is 5.24. The Kier molecular flexibility index (Phi) is 2.74. The maximum atomic E-state index is 13.4. The fraction of sp³-hybridized carbons (Fsp3) is 0.500. The summed E-state index contributed by atoms with van der Waals surface area (Å²) in [6.45, 7) is 0.878. The summed E-state index contributed by atoms with van der Waals surface area (Å²) in [7, 11) is 1.89. The highest BCUT2D eigenvalue weighted by Gasteiger charge is 2.42. The minimum absolute atomic E-state index is 0.170. The largest absolute Gasteiger partial charge is 0.319 e. The molecule has 0 aliphatic heterocycles. The second kappa shape index (κ2) is 3.89. The lowest BCUT2D eigenvalue weighted by Gasteiger charge is -2.14. The molecular weight excluding hydrogens is 196 g/mol. The number of benzene rings is 1. The van der Waals surface area contributed by atoms with E-state index < -0.39 is 0 Å². The molecule has 0 unspecified atom stereocenters. The summed E-state index contributed by atoms with van der Waals surface area (Å²) in [5, 5.41) is 3.11. The summed E-state index contributed by atoms with van der Waals surface area (Å²) in [6, 6.07) is 3.68. The summed E-state index contributed by atoms with van der Waals surface area (Å²) in [5.74, 6) is -0.648. The van der Waals surface area contributed by atoms with Gasteiger partial charge < -0.3 is 5.32 Å². The Labute approximate surface area is 88.5 Å². The topological polar surface area (TPSA) is 12.0 Å². The van der Waals surface area contributed by atoms with E-state index in [1.807, 2.05) is 7.05 Å². The quantitative estimate of drug-likeness (QED) is 0.806. The van der Waals surface area contributed by atoms with Crippen LogP contribution in [0.15, 0.2) is 18.2 Å². The van der Waals surface area contributed by atoms with Gasteiger partial charge in [0.25, 0.3) is 0 Å². The van der Waals surface area contributed by atoms with Gasteiger partial charge in [0.15, 0.2) is 0 Å². The average Bonchev–Trinajstić information content (AvgIpc) is 2.92. The third-order valence-corrected chi connectivity index (χ3v) is 3.08. The maximum absolute atomic E-state index is 13.4. The molecule has 0 amide bonds. The summed E-state index contributed by atoms with van der Waals surface area (Å²) >= 11 is 0. The molecule has 0 bridgehead atoms. The van der Waals surface area contributed by atoms with Crippen molar-refractivity contribution in [3.63, 3.8) is 0 Å². The van der Waals surface area contributed by atoms with Crippen molar-refractivity contribution in [3.8, 4) is 0 Å². The van der Waals surface area contributed by atoms with E-state index in [9.17, 15) is 8.78 Å². The van der Waals surface area contributed by atoms with Crippen LogP contribution in [0, 0.1) is 17.0 Å². The molecule has 2 rings (SSSR count). The van der Waals surface area contributed by atoms with Gasteiger partial charge in [-0.15, -0.1) is 0 Å². The van der Waals surface area contributed by atoms with Gasteiger partial charge in [-0.05, 0) is 55.5 Å². The van der Waals surface area contributed by atoms with Crippen LogP contribution >= 0.6 is 0 Å². The van der Waals surface area contributed by atoms with Gasteiger partial charge in [-0.25, -0.2) is 8.78 Å². The van der Waals surface area contributed by atoms with E-state index >= 15 is 0 Å². The molecular formula is C12H15F2N. The van der Waals surface area contributed by atoms with E-state index in [1.54, 1.807) is 0 Å². The zero-order valence-corrected chi connectivity index (χ0v) is 8.82. The van der Waals surface area contributed by atoms with Crippen molar-refractivity contribution in [2.45, 2.75) is 19.3 Å². The molecule has 0 heterocycles. The number of rotatable bonds is 4. The highest BCUT2D eigenvalue weighted by Crippen LogP contribution is 2.48. The van der Waals surface area contributed by atoms with Crippen molar-refractivity contribution in [2.75, 3.05) is 13.6 Å². The third-order valence-electron chi connectivity index (χ3n) is 3.08. The van der Waals surface area contributed by atoms with Gasteiger partial charge in [0.2, 0.25) is 0 Å². The lowest BCUT2D eigenvalue weighted by molar-refractivity contribution is 0.462. The Morgan fingerprint density at radius 1 is 1.33 bits per heavy atom. The molecule has 82 valence electrons. The van der Waals surface area contributed by atoms with Gasteiger partial charge in [0.1, 0.15) is 11.6 Å². The standard InChI is InChI=1S/C12H15F2N/c1-15-8-12(4-5-12)7-9-6-10(13)2-3-11(9)14/h2-3,6,15H,4-5,7-8H2,1H3. The van der Waals surface area contributed by atoms with E-state index in [2.05, 4.69) is 5.32 Å². The fourth-order valence-corrected chi connectivity index (χ4v) is 2.05. The number of halogens is 2. The summed E-state index contributed by atoms with van der Waals surface area (Å²) in [4.78, 5) is 0. The Morgan fingerprint density at radius 2 is 2.07 bits per heavy atom. The monoisotopic (exact) mass is 211 g/mol. The molecule has 0 spiro atoms. The van der Waals surface area contributed by atoms with Crippen LogP contribution in [0.3, 0.4) is 0 Å². The van der Waals surface area contributed by atoms with Crippen molar-refractivity contribution in [1.82, 2.24) is 5.32 Å². The molecule has 0 aromatic heterocycles. The lowest BCUT2D eigenvalue weighted by Crippen LogP contribution is -2.22. The van der Waals surface area contributed by atoms with Crippen LogP contribution in [0.25, 0.3) is 0 Å². The van der Waals surface area contributed by atoms with E-state index in [4.69, 9.17) is 0 Å². The van der Waals surface area contributed by atoms with E-state index in [1.165, 1.54) is 12.1 Å². The Morgan fingerprint density at radius 3 is 2.67 bits per heavy atom. The van der Waals surface area contributed by atoms with E-state index in [-0.39, 0.29) is 17.0 Å². The van der Waals surface area contributed by atoms with Gasteiger partial charge in [0, 0.05) is 6.54 Å². The van der Waals surface area contributed by atoms with Crippen molar-refractivity contribution in [3.05, 3.63) is 35.4 Å².